The summed E-state index contributed by atoms with van der Waals surface area (Å²) < 4.78 is 1.20. The van der Waals surface area contributed by atoms with E-state index in [4.69, 9.17) is 0 Å². The van der Waals surface area contributed by atoms with Crippen molar-refractivity contribution in [2.75, 3.05) is 6.54 Å². The second-order valence-electron chi connectivity index (χ2n) is 2.64. The quantitative estimate of drug-likeness (QED) is 0.760. The third kappa shape index (κ3) is 1.79. The van der Waals surface area contributed by atoms with Gasteiger partial charge in [0.2, 0.25) is 0 Å². The average Bonchev–Trinajstić information content (AvgIpc) is 2.06. The van der Waals surface area contributed by atoms with Crippen molar-refractivity contribution >= 4 is 28.3 Å². The first-order chi connectivity index (χ1) is 5.38. The average molecular weight is 250 g/mol. The van der Waals surface area contributed by atoms with Gasteiger partial charge in [-0.25, -0.2) is 0 Å². The maximum absolute atomic E-state index is 4.29. The summed E-state index contributed by atoms with van der Waals surface area (Å²) in [6, 6.07) is 2.00. The van der Waals surface area contributed by atoms with Gasteiger partial charge in [-0.15, -0.1) is 12.4 Å². The molecule has 0 spiro atoms. The molecule has 0 fully saturated rings. The molecule has 1 N–H and O–H groups in total. The van der Waals surface area contributed by atoms with E-state index in [1.165, 1.54) is 15.7 Å². The predicted octanol–water partition coefficient (Wildman–Crippen LogP) is 1.91. The topological polar surface area (TPSA) is 24.9 Å². The van der Waals surface area contributed by atoms with Crippen LogP contribution >= 0.6 is 28.3 Å². The summed E-state index contributed by atoms with van der Waals surface area (Å²) >= 11 is 3.51. The first-order valence-electron chi connectivity index (χ1n) is 3.71. The van der Waals surface area contributed by atoms with Gasteiger partial charge in [0.1, 0.15) is 0 Å². The Morgan fingerprint density at radius 1 is 1.50 bits per heavy atom. The van der Waals surface area contributed by atoms with Gasteiger partial charge in [-0.3, -0.25) is 4.98 Å². The molecular weight excluding hydrogens is 239 g/mol. The smallest absolute Gasteiger partial charge is 0.0585 e. The number of rotatable bonds is 0. The Morgan fingerprint density at radius 3 is 3.08 bits per heavy atom. The summed E-state index contributed by atoms with van der Waals surface area (Å²) in [6.07, 6.45) is 2.93. The highest BCUT2D eigenvalue weighted by atomic mass is 79.9. The van der Waals surface area contributed by atoms with Crippen LogP contribution < -0.4 is 5.32 Å². The molecule has 0 bridgehead atoms. The lowest BCUT2D eigenvalue weighted by Gasteiger charge is -2.16. The Kier molecular flexibility index (Phi) is 3.50. The van der Waals surface area contributed by atoms with Crippen LogP contribution in [-0.2, 0) is 13.0 Å². The van der Waals surface area contributed by atoms with Crippen LogP contribution in [0.15, 0.2) is 16.7 Å². The van der Waals surface area contributed by atoms with Gasteiger partial charge in [0.15, 0.2) is 0 Å². The van der Waals surface area contributed by atoms with Gasteiger partial charge in [-0.2, -0.15) is 0 Å². The normalized spacial score (nSPS) is 14.8. The molecule has 66 valence electrons. The molecule has 0 radical (unpaired) electrons. The number of aromatic nitrogens is 1. The molecule has 1 aliphatic rings. The van der Waals surface area contributed by atoms with E-state index in [0.717, 1.165) is 19.5 Å². The highest BCUT2D eigenvalue weighted by molar-refractivity contribution is 9.10. The van der Waals surface area contributed by atoms with Crippen molar-refractivity contribution in [3.05, 3.63) is 28.0 Å². The van der Waals surface area contributed by atoms with E-state index >= 15 is 0 Å². The molecule has 2 nitrogen and oxygen atoms in total. The minimum Gasteiger partial charge on any atom is -0.311 e. The van der Waals surface area contributed by atoms with E-state index in [-0.39, 0.29) is 12.4 Å². The predicted molar refractivity (Wildman–Crippen MR) is 54.6 cm³/mol. The molecule has 2 rings (SSSR count). The largest absolute Gasteiger partial charge is 0.311 e. The van der Waals surface area contributed by atoms with Gasteiger partial charge in [0, 0.05) is 17.2 Å². The summed E-state index contributed by atoms with van der Waals surface area (Å²) in [4.78, 5) is 4.29. The molecule has 12 heavy (non-hydrogen) atoms. The fourth-order valence-corrected chi connectivity index (χ4v) is 1.89. The van der Waals surface area contributed by atoms with E-state index < -0.39 is 0 Å². The van der Waals surface area contributed by atoms with E-state index in [1.807, 2.05) is 12.3 Å². The van der Waals surface area contributed by atoms with Crippen molar-refractivity contribution in [3.8, 4) is 0 Å². The molecular formula is C8H10BrClN2. The molecule has 4 heteroatoms. The number of pyridine rings is 1. The molecule has 1 aromatic rings. The van der Waals surface area contributed by atoms with Crippen molar-refractivity contribution in [1.82, 2.24) is 10.3 Å². The number of nitrogens with one attached hydrogen (secondary N) is 1. The third-order valence-corrected chi connectivity index (χ3v) is 2.68. The van der Waals surface area contributed by atoms with Gasteiger partial charge >= 0.3 is 0 Å². The molecule has 0 amide bonds. The van der Waals surface area contributed by atoms with Crippen LogP contribution in [0.1, 0.15) is 11.3 Å². The Morgan fingerprint density at radius 2 is 2.33 bits per heavy atom. The van der Waals surface area contributed by atoms with Gasteiger partial charge in [-0.1, -0.05) is 15.9 Å². The highest BCUT2D eigenvalue weighted by Crippen LogP contribution is 2.20. The molecule has 2 heterocycles. The Balaban J connectivity index is 0.000000720. The Labute approximate surface area is 86.3 Å². The molecule has 0 saturated carbocycles. The van der Waals surface area contributed by atoms with Gasteiger partial charge in [0.05, 0.1) is 5.69 Å². The summed E-state index contributed by atoms with van der Waals surface area (Å²) in [5.74, 6) is 0. The number of hydrogen-bond acceptors (Lipinski definition) is 2. The van der Waals surface area contributed by atoms with Crippen LogP contribution in [-0.4, -0.2) is 11.5 Å². The summed E-state index contributed by atoms with van der Waals surface area (Å²) in [6.45, 7) is 1.98. The fourth-order valence-electron chi connectivity index (χ4n) is 1.35. The van der Waals surface area contributed by atoms with Gasteiger partial charge in [-0.05, 0) is 24.6 Å². The lowest BCUT2D eigenvalue weighted by molar-refractivity contribution is 0.625. The van der Waals surface area contributed by atoms with Crippen LogP contribution in [0.25, 0.3) is 0 Å². The maximum Gasteiger partial charge on any atom is 0.0585 e. The standard InChI is InChI=1S/C8H9BrN2.ClH/c9-7-2-4-11-8-5-10-3-1-6(7)8;/h2,4,10H,1,3,5H2;1H. The molecule has 1 aromatic heterocycles. The number of halogens is 2. The molecule has 0 unspecified atom stereocenters. The van der Waals surface area contributed by atoms with E-state index in [2.05, 4.69) is 26.2 Å². The molecule has 0 atom stereocenters. The second kappa shape index (κ2) is 4.21. The number of fused-ring (bicyclic) bond motifs is 1. The second-order valence-corrected chi connectivity index (χ2v) is 3.50. The van der Waals surface area contributed by atoms with Crippen LogP contribution in [0.3, 0.4) is 0 Å². The lowest BCUT2D eigenvalue weighted by atomic mass is 10.1. The number of nitrogens with zero attached hydrogens (tertiary/aromatic N) is 1. The van der Waals surface area contributed by atoms with Crippen molar-refractivity contribution in [2.24, 2.45) is 0 Å². The Hall–Kier alpha value is -0.120. The van der Waals surface area contributed by atoms with Crippen molar-refractivity contribution in [2.45, 2.75) is 13.0 Å². The van der Waals surface area contributed by atoms with Crippen molar-refractivity contribution in [3.63, 3.8) is 0 Å². The summed E-state index contributed by atoms with van der Waals surface area (Å²) in [7, 11) is 0. The Bertz CT molecular complexity index is 278. The van der Waals surface area contributed by atoms with Crippen LogP contribution in [0.2, 0.25) is 0 Å². The van der Waals surface area contributed by atoms with Crippen LogP contribution in [0.4, 0.5) is 0 Å². The van der Waals surface area contributed by atoms with Crippen LogP contribution in [0.5, 0.6) is 0 Å². The summed E-state index contributed by atoms with van der Waals surface area (Å²) in [5, 5.41) is 3.28. The van der Waals surface area contributed by atoms with E-state index in [1.54, 1.807) is 0 Å². The minimum absolute atomic E-state index is 0. The first-order valence-corrected chi connectivity index (χ1v) is 4.50. The third-order valence-electron chi connectivity index (χ3n) is 1.93. The minimum atomic E-state index is 0. The van der Waals surface area contributed by atoms with E-state index in [9.17, 15) is 0 Å². The SMILES string of the molecule is Brc1ccnc2c1CCNC2.Cl. The molecule has 1 aliphatic heterocycles. The zero-order valence-electron chi connectivity index (χ0n) is 6.51. The summed E-state index contributed by atoms with van der Waals surface area (Å²) in [5.41, 5.74) is 2.55. The first kappa shape index (κ1) is 9.96. The molecule has 0 saturated heterocycles. The number of hydrogen-bond donors (Lipinski definition) is 1. The monoisotopic (exact) mass is 248 g/mol. The zero-order valence-corrected chi connectivity index (χ0v) is 8.91. The van der Waals surface area contributed by atoms with Gasteiger partial charge in [0.25, 0.3) is 0 Å². The lowest BCUT2D eigenvalue weighted by Crippen LogP contribution is -2.24. The van der Waals surface area contributed by atoms with Gasteiger partial charge < -0.3 is 5.32 Å². The fraction of sp³-hybridized carbons (Fsp3) is 0.375. The highest BCUT2D eigenvalue weighted by Gasteiger charge is 2.11. The van der Waals surface area contributed by atoms with E-state index in [0.29, 0.717) is 0 Å². The van der Waals surface area contributed by atoms with Crippen LogP contribution in [0, 0.1) is 0 Å². The molecule has 0 aliphatic carbocycles. The maximum atomic E-state index is 4.29. The molecule has 0 aromatic carbocycles. The zero-order chi connectivity index (χ0) is 7.68. The van der Waals surface area contributed by atoms with Crippen molar-refractivity contribution < 1.29 is 0 Å². The van der Waals surface area contributed by atoms with Crippen molar-refractivity contribution in [1.29, 1.82) is 0 Å².